The maximum atomic E-state index is 13.2. The Balaban J connectivity index is 1.76. The highest BCUT2D eigenvalue weighted by atomic mass is 19.1. The van der Waals surface area contributed by atoms with E-state index in [9.17, 15) is 9.18 Å². The fourth-order valence-electron chi connectivity index (χ4n) is 3.43. The predicted molar refractivity (Wildman–Crippen MR) is 71.2 cm³/mol. The van der Waals surface area contributed by atoms with Crippen LogP contribution in [0.15, 0.2) is 18.2 Å². The van der Waals surface area contributed by atoms with E-state index < -0.39 is 0 Å². The molecule has 3 unspecified atom stereocenters. The van der Waals surface area contributed by atoms with Gasteiger partial charge in [0.2, 0.25) is 0 Å². The second-order valence-electron chi connectivity index (χ2n) is 5.84. The number of rotatable bonds is 1. The first-order valence-corrected chi connectivity index (χ1v) is 6.87. The van der Waals surface area contributed by atoms with Gasteiger partial charge in [0, 0.05) is 24.7 Å². The summed E-state index contributed by atoms with van der Waals surface area (Å²) in [7, 11) is 0. The van der Waals surface area contributed by atoms with E-state index in [1.165, 1.54) is 6.07 Å². The van der Waals surface area contributed by atoms with Crippen molar-refractivity contribution in [3.63, 3.8) is 0 Å². The van der Waals surface area contributed by atoms with Gasteiger partial charge in [-0.15, -0.1) is 0 Å². The Kier molecular flexibility index (Phi) is 3.05. The van der Waals surface area contributed by atoms with E-state index in [0.29, 0.717) is 23.0 Å². The number of benzene rings is 1. The van der Waals surface area contributed by atoms with E-state index in [1.807, 2.05) is 4.90 Å². The van der Waals surface area contributed by atoms with E-state index in [-0.39, 0.29) is 17.8 Å². The summed E-state index contributed by atoms with van der Waals surface area (Å²) < 4.78 is 13.2. The van der Waals surface area contributed by atoms with Crippen molar-refractivity contribution in [1.82, 2.24) is 4.90 Å². The minimum atomic E-state index is -0.267. The van der Waals surface area contributed by atoms with E-state index in [1.54, 1.807) is 19.1 Å². The molecule has 0 aromatic heterocycles. The van der Waals surface area contributed by atoms with E-state index in [2.05, 4.69) is 0 Å². The fourth-order valence-corrected chi connectivity index (χ4v) is 3.43. The maximum absolute atomic E-state index is 13.2. The number of carbonyl (C=O) groups excluding carboxylic acids is 1. The van der Waals surface area contributed by atoms with Crippen LogP contribution < -0.4 is 5.73 Å². The highest BCUT2D eigenvalue weighted by molar-refractivity contribution is 5.94. The normalized spacial score (nSPS) is 29.6. The fraction of sp³-hybridized carbons (Fsp3) is 0.533. The molecule has 2 N–H and O–H groups in total. The number of fused-ring (bicyclic) bond motifs is 1. The van der Waals surface area contributed by atoms with Crippen molar-refractivity contribution < 1.29 is 9.18 Å². The van der Waals surface area contributed by atoms with Crippen molar-refractivity contribution >= 4 is 5.91 Å². The van der Waals surface area contributed by atoms with Crippen molar-refractivity contribution in [1.29, 1.82) is 0 Å². The number of halogens is 1. The molecule has 102 valence electrons. The molecule has 1 aromatic carbocycles. The molecule has 1 aliphatic heterocycles. The summed E-state index contributed by atoms with van der Waals surface area (Å²) in [5.74, 6) is 0.743. The van der Waals surface area contributed by atoms with Gasteiger partial charge in [-0.25, -0.2) is 4.39 Å². The van der Waals surface area contributed by atoms with Gasteiger partial charge in [0.1, 0.15) is 5.82 Å². The Morgan fingerprint density at radius 3 is 2.84 bits per heavy atom. The molecular weight excluding hydrogens is 243 g/mol. The molecule has 0 radical (unpaired) electrons. The lowest BCUT2D eigenvalue weighted by Crippen LogP contribution is -2.33. The molecule has 0 bridgehead atoms. The molecule has 0 spiro atoms. The lowest BCUT2D eigenvalue weighted by atomic mass is 9.98. The van der Waals surface area contributed by atoms with Crippen molar-refractivity contribution in [3.05, 3.63) is 35.1 Å². The standard InChI is InChI=1S/C15H19FN2O/c1-9-6-10(2-4-13(9)16)15(19)18-7-11-3-5-14(17)12(11)8-18/h2,4,6,11-12,14H,3,5,7-8,17H2,1H3. The Labute approximate surface area is 112 Å². The molecule has 2 aliphatic rings. The number of nitrogens with two attached hydrogens (primary N) is 1. The average molecular weight is 262 g/mol. The van der Waals surface area contributed by atoms with Crippen LogP contribution in [0.2, 0.25) is 0 Å². The Morgan fingerprint density at radius 1 is 1.37 bits per heavy atom. The first-order valence-electron chi connectivity index (χ1n) is 6.87. The van der Waals surface area contributed by atoms with Crippen LogP contribution >= 0.6 is 0 Å². The largest absolute Gasteiger partial charge is 0.338 e. The van der Waals surface area contributed by atoms with Crippen molar-refractivity contribution in [2.45, 2.75) is 25.8 Å². The molecule has 2 fully saturated rings. The van der Waals surface area contributed by atoms with Crippen LogP contribution in [0.5, 0.6) is 0 Å². The molecule has 1 saturated heterocycles. The van der Waals surface area contributed by atoms with Crippen LogP contribution in [0.25, 0.3) is 0 Å². The predicted octanol–water partition coefficient (Wildman–Crippen LogP) is 1.94. The summed E-state index contributed by atoms with van der Waals surface area (Å²) in [5.41, 5.74) is 7.17. The van der Waals surface area contributed by atoms with Gasteiger partial charge in [0.05, 0.1) is 0 Å². The lowest BCUT2D eigenvalue weighted by Gasteiger charge is -2.19. The molecular formula is C15H19FN2O. The minimum absolute atomic E-state index is 0.00435. The van der Waals surface area contributed by atoms with Gasteiger partial charge in [0.15, 0.2) is 0 Å². The molecule has 3 rings (SSSR count). The van der Waals surface area contributed by atoms with Crippen LogP contribution in [-0.4, -0.2) is 29.9 Å². The molecule has 1 aliphatic carbocycles. The zero-order chi connectivity index (χ0) is 13.6. The Bertz CT molecular complexity index is 517. The molecule has 1 heterocycles. The third-order valence-corrected chi connectivity index (χ3v) is 4.60. The van der Waals surface area contributed by atoms with Gasteiger partial charge in [-0.3, -0.25) is 4.79 Å². The van der Waals surface area contributed by atoms with E-state index in [0.717, 1.165) is 25.9 Å². The van der Waals surface area contributed by atoms with E-state index >= 15 is 0 Å². The second kappa shape index (κ2) is 4.60. The van der Waals surface area contributed by atoms with Crippen molar-refractivity contribution in [2.24, 2.45) is 17.6 Å². The summed E-state index contributed by atoms with van der Waals surface area (Å²) in [6, 6.07) is 4.80. The SMILES string of the molecule is Cc1cc(C(=O)N2CC3CCC(N)C3C2)ccc1F. The molecule has 19 heavy (non-hydrogen) atoms. The van der Waals surface area contributed by atoms with Gasteiger partial charge >= 0.3 is 0 Å². The number of carbonyl (C=O) groups is 1. The average Bonchev–Trinajstić information content (AvgIpc) is 2.95. The molecule has 1 saturated carbocycles. The van der Waals surface area contributed by atoms with Crippen molar-refractivity contribution in [2.75, 3.05) is 13.1 Å². The monoisotopic (exact) mass is 262 g/mol. The Hall–Kier alpha value is -1.42. The summed E-state index contributed by atoms with van der Waals surface area (Å²) in [6.45, 7) is 3.23. The summed E-state index contributed by atoms with van der Waals surface area (Å²) in [5, 5.41) is 0. The third-order valence-electron chi connectivity index (χ3n) is 4.60. The van der Waals surface area contributed by atoms with Crippen LogP contribution in [0.4, 0.5) is 4.39 Å². The number of likely N-dealkylation sites (tertiary alicyclic amines) is 1. The summed E-state index contributed by atoms with van der Waals surface area (Å²) in [4.78, 5) is 14.3. The smallest absolute Gasteiger partial charge is 0.253 e. The molecule has 3 nitrogen and oxygen atoms in total. The highest BCUT2D eigenvalue weighted by Crippen LogP contribution is 2.37. The second-order valence-corrected chi connectivity index (χ2v) is 5.84. The van der Waals surface area contributed by atoms with Gasteiger partial charge < -0.3 is 10.6 Å². The molecule has 1 amide bonds. The van der Waals surface area contributed by atoms with Gasteiger partial charge in [-0.05, 0) is 55.4 Å². The first-order chi connectivity index (χ1) is 9.06. The number of amides is 1. The number of hydrogen-bond acceptors (Lipinski definition) is 2. The summed E-state index contributed by atoms with van der Waals surface area (Å²) in [6.07, 6.45) is 2.20. The molecule has 4 heteroatoms. The minimum Gasteiger partial charge on any atom is -0.338 e. The maximum Gasteiger partial charge on any atom is 0.253 e. The summed E-state index contributed by atoms with van der Waals surface area (Å²) >= 11 is 0. The van der Waals surface area contributed by atoms with Gasteiger partial charge in [-0.2, -0.15) is 0 Å². The Morgan fingerprint density at radius 2 is 2.16 bits per heavy atom. The van der Waals surface area contributed by atoms with Gasteiger partial charge in [0.25, 0.3) is 5.91 Å². The van der Waals surface area contributed by atoms with Gasteiger partial charge in [-0.1, -0.05) is 0 Å². The van der Waals surface area contributed by atoms with Crippen LogP contribution in [0.3, 0.4) is 0 Å². The third kappa shape index (κ3) is 2.14. The number of nitrogens with zero attached hydrogens (tertiary/aromatic N) is 1. The first kappa shape index (κ1) is 12.6. The number of aryl methyl sites for hydroxylation is 1. The van der Waals surface area contributed by atoms with Crippen LogP contribution in [0, 0.1) is 24.6 Å². The lowest BCUT2D eigenvalue weighted by molar-refractivity contribution is 0.0779. The van der Waals surface area contributed by atoms with Crippen molar-refractivity contribution in [3.8, 4) is 0 Å². The zero-order valence-corrected chi connectivity index (χ0v) is 11.1. The van der Waals surface area contributed by atoms with Crippen LogP contribution in [-0.2, 0) is 0 Å². The quantitative estimate of drug-likeness (QED) is 0.840. The van der Waals surface area contributed by atoms with E-state index in [4.69, 9.17) is 5.73 Å². The zero-order valence-electron chi connectivity index (χ0n) is 11.1. The van der Waals surface area contributed by atoms with Crippen LogP contribution in [0.1, 0.15) is 28.8 Å². The number of hydrogen-bond donors (Lipinski definition) is 1. The highest BCUT2D eigenvalue weighted by Gasteiger charge is 2.42. The molecule has 3 atom stereocenters. The topological polar surface area (TPSA) is 46.3 Å². The molecule has 1 aromatic rings.